The van der Waals surface area contributed by atoms with Gasteiger partial charge in [0.2, 0.25) is 0 Å². The zero-order valence-electron chi connectivity index (χ0n) is 32.8. The van der Waals surface area contributed by atoms with Gasteiger partial charge in [0.25, 0.3) is 0 Å². The second kappa shape index (κ2) is 14.5. The van der Waals surface area contributed by atoms with Crippen LogP contribution in [0.5, 0.6) is 0 Å². The number of furan rings is 1. The van der Waals surface area contributed by atoms with Crippen LogP contribution in [0.3, 0.4) is 0 Å². The van der Waals surface area contributed by atoms with Crippen LogP contribution in [0.25, 0.3) is 82.4 Å². The van der Waals surface area contributed by atoms with Gasteiger partial charge in [-0.2, -0.15) is 0 Å². The number of allylic oxidation sites excluding steroid dienone is 4. The normalized spacial score (nSPS) is 14.0. The Balaban J connectivity index is 1.20. The predicted octanol–water partition coefficient (Wildman–Crippen LogP) is 16.3. The fourth-order valence-corrected chi connectivity index (χ4v) is 9.38. The van der Waals surface area contributed by atoms with Gasteiger partial charge >= 0.3 is 0 Å². The average molecular weight is 756 g/mol. The maximum absolute atomic E-state index is 6.39. The standard InChI is InChI=1S/C57H41NO/c1-38-17-5-6-24-43(38)48-29-14-22-41-23-16-31-50(57(41)48)46-26-8-11-33-53(46)58(42-35-36-55-51(37-42)47-27-9-12-34-54(47)59-55)52-32-10-7-25-45(52)49-30-15-21-40-20-13-28-44(56(40)49)39-18-3-2-4-19-39/h2-16,18-38H,17H2,1H3. The van der Waals surface area contributed by atoms with Crippen molar-refractivity contribution in [2.45, 2.75) is 13.3 Å². The number of rotatable bonds is 7. The fraction of sp³-hybridized carbons (Fsp3) is 0.0526. The Labute approximate surface area is 344 Å². The molecule has 0 fully saturated rings. The minimum atomic E-state index is 0.426. The van der Waals surface area contributed by atoms with Crippen molar-refractivity contribution in [1.82, 2.24) is 0 Å². The van der Waals surface area contributed by atoms with Gasteiger partial charge in [-0.15, -0.1) is 0 Å². The van der Waals surface area contributed by atoms with Gasteiger partial charge in [-0.25, -0.2) is 0 Å². The maximum atomic E-state index is 6.39. The summed E-state index contributed by atoms with van der Waals surface area (Å²) >= 11 is 0. The third-order valence-corrected chi connectivity index (χ3v) is 12.1. The third kappa shape index (κ3) is 5.96. The fourth-order valence-electron chi connectivity index (χ4n) is 9.38. The lowest BCUT2D eigenvalue weighted by molar-refractivity contribution is 0.669. The summed E-state index contributed by atoms with van der Waals surface area (Å²) in [6, 6.07) is 70.5. The van der Waals surface area contributed by atoms with Crippen LogP contribution in [0.4, 0.5) is 17.1 Å². The van der Waals surface area contributed by atoms with Gasteiger partial charge in [0, 0.05) is 27.6 Å². The van der Waals surface area contributed by atoms with E-state index in [1.165, 1.54) is 60.5 Å². The molecule has 280 valence electrons. The number of para-hydroxylation sites is 3. The Morgan fingerprint density at radius 2 is 1.00 bits per heavy atom. The Bertz CT molecular complexity index is 3260. The summed E-state index contributed by atoms with van der Waals surface area (Å²) in [4.78, 5) is 2.47. The molecule has 0 saturated carbocycles. The monoisotopic (exact) mass is 755 g/mol. The summed E-state index contributed by atoms with van der Waals surface area (Å²) in [5.74, 6) is 0.426. The predicted molar refractivity (Wildman–Crippen MR) is 251 cm³/mol. The van der Waals surface area contributed by atoms with E-state index in [0.29, 0.717) is 5.92 Å². The first-order valence-corrected chi connectivity index (χ1v) is 20.6. The van der Waals surface area contributed by atoms with Crippen LogP contribution < -0.4 is 4.90 Å². The molecule has 10 aromatic rings. The molecule has 1 aliphatic rings. The van der Waals surface area contributed by atoms with E-state index < -0.39 is 0 Å². The van der Waals surface area contributed by atoms with Gasteiger partial charge in [0.15, 0.2) is 0 Å². The average Bonchev–Trinajstić information content (AvgIpc) is 3.67. The molecule has 59 heavy (non-hydrogen) atoms. The molecule has 1 aromatic heterocycles. The molecule has 0 radical (unpaired) electrons. The second-order valence-corrected chi connectivity index (χ2v) is 15.6. The number of nitrogens with zero attached hydrogens (tertiary/aromatic N) is 1. The molecule has 0 saturated heterocycles. The summed E-state index contributed by atoms with van der Waals surface area (Å²) in [7, 11) is 0. The highest BCUT2D eigenvalue weighted by Crippen LogP contribution is 2.49. The van der Waals surface area contributed by atoms with Crippen LogP contribution in [0.1, 0.15) is 18.9 Å². The van der Waals surface area contributed by atoms with Crippen LogP contribution in [0.15, 0.2) is 217 Å². The van der Waals surface area contributed by atoms with Crippen molar-refractivity contribution in [2.24, 2.45) is 5.92 Å². The smallest absolute Gasteiger partial charge is 0.135 e. The van der Waals surface area contributed by atoms with Gasteiger partial charge in [-0.05, 0) is 104 Å². The molecule has 2 nitrogen and oxygen atoms in total. The Hall–Kier alpha value is -7.42. The van der Waals surface area contributed by atoms with Crippen LogP contribution in [0.2, 0.25) is 0 Å². The van der Waals surface area contributed by atoms with Gasteiger partial charge in [0.1, 0.15) is 11.2 Å². The number of benzene rings is 9. The molecule has 0 aliphatic heterocycles. The quantitative estimate of drug-likeness (QED) is 0.161. The molecule has 9 aromatic carbocycles. The van der Waals surface area contributed by atoms with Crippen LogP contribution >= 0.6 is 0 Å². The van der Waals surface area contributed by atoms with E-state index in [1.807, 2.05) is 6.07 Å². The minimum absolute atomic E-state index is 0.426. The SMILES string of the molecule is CC1CC=CC=C1c1cccc2cccc(-c3ccccc3N(c3ccc4oc5ccccc5c4c3)c3ccccc3-c3cccc4cccc(-c5ccccc5)c34)c12. The Morgan fingerprint density at radius 1 is 0.458 bits per heavy atom. The van der Waals surface area contributed by atoms with E-state index in [0.717, 1.165) is 51.0 Å². The zero-order chi connectivity index (χ0) is 39.3. The molecule has 0 N–H and O–H groups in total. The van der Waals surface area contributed by atoms with Crippen molar-refractivity contribution in [2.75, 3.05) is 4.90 Å². The summed E-state index contributed by atoms with van der Waals surface area (Å²) in [5, 5.41) is 7.16. The van der Waals surface area contributed by atoms with Crippen molar-refractivity contribution in [1.29, 1.82) is 0 Å². The van der Waals surface area contributed by atoms with Gasteiger partial charge in [0.05, 0.1) is 11.4 Å². The van der Waals surface area contributed by atoms with E-state index >= 15 is 0 Å². The van der Waals surface area contributed by atoms with Gasteiger partial charge in [-0.1, -0.05) is 183 Å². The topological polar surface area (TPSA) is 16.4 Å². The highest BCUT2D eigenvalue weighted by molar-refractivity contribution is 6.12. The zero-order valence-corrected chi connectivity index (χ0v) is 32.8. The lowest BCUT2D eigenvalue weighted by Crippen LogP contribution is -2.12. The van der Waals surface area contributed by atoms with Crippen molar-refractivity contribution in [3.63, 3.8) is 0 Å². The molecule has 0 spiro atoms. The first kappa shape index (κ1) is 34.8. The first-order chi connectivity index (χ1) is 29.2. The van der Waals surface area contributed by atoms with E-state index in [9.17, 15) is 0 Å². The molecule has 1 aliphatic carbocycles. The van der Waals surface area contributed by atoms with Crippen molar-refractivity contribution < 1.29 is 4.42 Å². The van der Waals surface area contributed by atoms with E-state index in [1.54, 1.807) is 0 Å². The molecular weight excluding hydrogens is 715 g/mol. The summed E-state index contributed by atoms with van der Waals surface area (Å²) < 4.78 is 6.39. The summed E-state index contributed by atoms with van der Waals surface area (Å²) in [6.45, 7) is 2.34. The number of fused-ring (bicyclic) bond motifs is 5. The van der Waals surface area contributed by atoms with E-state index in [-0.39, 0.29) is 0 Å². The first-order valence-electron chi connectivity index (χ1n) is 20.6. The van der Waals surface area contributed by atoms with Crippen LogP contribution in [-0.2, 0) is 0 Å². The van der Waals surface area contributed by atoms with Crippen LogP contribution in [0, 0.1) is 5.92 Å². The summed E-state index contributed by atoms with van der Waals surface area (Å²) in [6.07, 6.45) is 7.85. The highest BCUT2D eigenvalue weighted by atomic mass is 16.3. The molecule has 2 heteroatoms. The van der Waals surface area contributed by atoms with E-state index in [2.05, 4.69) is 218 Å². The molecule has 1 atom stereocenters. The van der Waals surface area contributed by atoms with E-state index in [4.69, 9.17) is 4.42 Å². The van der Waals surface area contributed by atoms with Crippen molar-refractivity contribution in [3.8, 4) is 33.4 Å². The molecule has 0 amide bonds. The third-order valence-electron chi connectivity index (χ3n) is 12.1. The lowest BCUT2D eigenvalue weighted by atomic mass is 9.83. The second-order valence-electron chi connectivity index (χ2n) is 15.6. The Kier molecular flexibility index (Phi) is 8.56. The largest absolute Gasteiger partial charge is 0.456 e. The maximum Gasteiger partial charge on any atom is 0.135 e. The summed E-state index contributed by atoms with van der Waals surface area (Å²) in [5.41, 5.74) is 14.8. The number of anilines is 3. The van der Waals surface area contributed by atoms with Gasteiger partial charge in [-0.3, -0.25) is 0 Å². The minimum Gasteiger partial charge on any atom is -0.456 e. The van der Waals surface area contributed by atoms with Crippen molar-refractivity contribution in [3.05, 3.63) is 218 Å². The molecule has 1 unspecified atom stereocenters. The molecule has 1 heterocycles. The number of hydrogen-bond acceptors (Lipinski definition) is 2. The number of hydrogen-bond donors (Lipinski definition) is 0. The molecular formula is C57H41NO. The highest BCUT2D eigenvalue weighted by Gasteiger charge is 2.25. The van der Waals surface area contributed by atoms with Crippen LogP contribution in [-0.4, -0.2) is 0 Å². The lowest BCUT2D eigenvalue weighted by Gasteiger charge is -2.31. The molecule has 0 bridgehead atoms. The Morgan fingerprint density at radius 3 is 1.68 bits per heavy atom. The molecule has 11 rings (SSSR count). The van der Waals surface area contributed by atoms with Crippen molar-refractivity contribution >= 4 is 66.1 Å². The van der Waals surface area contributed by atoms with Gasteiger partial charge < -0.3 is 9.32 Å².